The maximum atomic E-state index is 11.6. The van der Waals surface area contributed by atoms with Crippen LogP contribution in [0.1, 0.15) is 27.2 Å². The second kappa shape index (κ2) is 5.68. The van der Waals surface area contributed by atoms with Crippen LogP contribution >= 0.6 is 0 Å². The third kappa shape index (κ3) is 2.84. The predicted molar refractivity (Wildman–Crippen MR) is 58.6 cm³/mol. The van der Waals surface area contributed by atoms with Crippen molar-refractivity contribution in [2.45, 2.75) is 27.2 Å². The minimum Gasteiger partial charge on any atom is -0.466 e. The van der Waals surface area contributed by atoms with Gasteiger partial charge in [0.1, 0.15) is 0 Å². The van der Waals surface area contributed by atoms with Gasteiger partial charge in [0.25, 0.3) is 0 Å². The zero-order chi connectivity index (χ0) is 12.1. The zero-order valence-electron chi connectivity index (χ0n) is 9.99. The molecule has 0 spiro atoms. The van der Waals surface area contributed by atoms with E-state index in [1.54, 1.807) is 19.9 Å². The Hall–Kier alpha value is -1.32. The van der Waals surface area contributed by atoms with Gasteiger partial charge in [0.2, 0.25) is 0 Å². The molecule has 0 saturated heterocycles. The SMILES string of the molecule is CCOC(=O)C1=C[C@H](C)[C@@H](C(=O)OCC)C1. The van der Waals surface area contributed by atoms with E-state index in [4.69, 9.17) is 9.47 Å². The van der Waals surface area contributed by atoms with Crippen molar-refractivity contribution in [3.8, 4) is 0 Å². The number of hydrogen-bond donors (Lipinski definition) is 0. The molecule has 0 amide bonds. The van der Waals surface area contributed by atoms with Crippen LogP contribution in [0.3, 0.4) is 0 Å². The van der Waals surface area contributed by atoms with E-state index >= 15 is 0 Å². The molecule has 0 N–H and O–H groups in total. The molecule has 1 aliphatic carbocycles. The lowest BCUT2D eigenvalue weighted by molar-refractivity contribution is -0.148. The molecule has 0 saturated carbocycles. The smallest absolute Gasteiger partial charge is 0.333 e. The molecule has 0 radical (unpaired) electrons. The number of ether oxygens (including phenoxy) is 2. The van der Waals surface area contributed by atoms with Gasteiger partial charge >= 0.3 is 11.9 Å². The van der Waals surface area contributed by atoms with Crippen LogP contribution in [-0.4, -0.2) is 25.2 Å². The van der Waals surface area contributed by atoms with Crippen LogP contribution in [0, 0.1) is 11.8 Å². The molecule has 90 valence electrons. The highest BCUT2D eigenvalue weighted by Gasteiger charge is 2.34. The number of carbonyl (C=O) groups excluding carboxylic acids is 2. The van der Waals surface area contributed by atoms with E-state index in [0.29, 0.717) is 25.2 Å². The molecule has 0 aromatic heterocycles. The Bertz CT molecular complexity index is 306. The van der Waals surface area contributed by atoms with Gasteiger partial charge in [-0.3, -0.25) is 4.79 Å². The van der Waals surface area contributed by atoms with Crippen molar-refractivity contribution in [2.24, 2.45) is 11.8 Å². The van der Waals surface area contributed by atoms with Crippen LogP contribution in [0.5, 0.6) is 0 Å². The minimum atomic E-state index is -0.318. The van der Waals surface area contributed by atoms with E-state index in [0.717, 1.165) is 0 Å². The van der Waals surface area contributed by atoms with Crippen LogP contribution in [-0.2, 0) is 19.1 Å². The largest absolute Gasteiger partial charge is 0.466 e. The minimum absolute atomic E-state index is 0.0402. The Balaban J connectivity index is 2.59. The summed E-state index contributed by atoms with van der Waals surface area (Å²) in [5, 5.41) is 0. The van der Waals surface area contributed by atoms with Gasteiger partial charge < -0.3 is 9.47 Å². The van der Waals surface area contributed by atoms with Gasteiger partial charge in [-0.25, -0.2) is 4.79 Å². The molecule has 0 aromatic carbocycles. The Kier molecular flexibility index (Phi) is 4.52. The average molecular weight is 226 g/mol. The van der Waals surface area contributed by atoms with Gasteiger partial charge in [-0.15, -0.1) is 0 Å². The molecule has 4 nitrogen and oxygen atoms in total. The number of rotatable bonds is 4. The van der Waals surface area contributed by atoms with Crippen LogP contribution in [0.15, 0.2) is 11.6 Å². The topological polar surface area (TPSA) is 52.6 Å². The van der Waals surface area contributed by atoms with E-state index < -0.39 is 0 Å². The van der Waals surface area contributed by atoms with Crippen molar-refractivity contribution < 1.29 is 19.1 Å². The summed E-state index contributed by atoms with van der Waals surface area (Å²) in [6.07, 6.45) is 2.23. The molecule has 0 fully saturated rings. The summed E-state index contributed by atoms with van der Waals surface area (Å²) in [6, 6.07) is 0. The molecule has 0 unspecified atom stereocenters. The zero-order valence-corrected chi connectivity index (χ0v) is 9.99. The molecule has 1 aliphatic rings. The van der Waals surface area contributed by atoms with E-state index in [1.165, 1.54) is 0 Å². The Morgan fingerprint density at radius 2 is 1.94 bits per heavy atom. The van der Waals surface area contributed by atoms with Crippen molar-refractivity contribution in [3.63, 3.8) is 0 Å². The van der Waals surface area contributed by atoms with Crippen molar-refractivity contribution in [3.05, 3.63) is 11.6 Å². The van der Waals surface area contributed by atoms with E-state index in [2.05, 4.69) is 0 Å². The monoisotopic (exact) mass is 226 g/mol. The predicted octanol–water partition coefficient (Wildman–Crippen LogP) is 1.70. The first-order valence-corrected chi connectivity index (χ1v) is 5.64. The first-order valence-electron chi connectivity index (χ1n) is 5.64. The normalized spacial score (nSPS) is 23.8. The highest BCUT2D eigenvalue weighted by atomic mass is 16.5. The van der Waals surface area contributed by atoms with Crippen LogP contribution in [0.2, 0.25) is 0 Å². The van der Waals surface area contributed by atoms with Crippen molar-refractivity contribution in [1.82, 2.24) is 0 Å². The number of carbonyl (C=O) groups is 2. The number of esters is 2. The van der Waals surface area contributed by atoms with Gasteiger partial charge in [-0.05, 0) is 26.2 Å². The third-order valence-corrected chi connectivity index (χ3v) is 2.67. The first-order chi connectivity index (χ1) is 7.60. The van der Waals surface area contributed by atoms with Crippen LogP contribution in [0.25, 0.3) is 0 Å². The molecule has 1 rings (SSSR count). The molecule has 0 heterocycles. The molecular formula is C12H18O4. The summed E-state index contributed by atoms with van der Waals surface area (Å²) < 4.78 is 9.86. The quantitative estimate of drug-likeness (QED) is 0.684. The van der Waals surface area contributed by atoms with Crippen molar-refractivity contribution in [2.75, 3.05) is 13.2 Å². The lowest BCUT2D eigenvalue weighted by atomic mass is 9.97. The van der Waals surface area contributed by atoms with Gasteiger partial charge in [0.15, 0.2) is 0 Å². The summed E-state index contributed by atoms with van der Waals surface area (Å²) in [6.45, 7) is 6.18. The number of hydrogen-bond acceptors (Lipinski definition) is 4. The fourth-order valence-electron chi connectivity index (χ4n) is 1.85. The third-order valence-electron chi connectivity index (χ3n) is 2.67. The van der Waals surface area contributed by atoms with Crippen molar-refractivity contribution in [1.29, 1.82) is 0 Å². The fraction of sp³-hybridized carbons (Fsp3) is 0.667. The maximum Gasteiger partial charge on any atom is 0.333 e. The Labute approximate surface area is 95.6 Å². The highest BCUT2D eigenvalue weighted by molar-refractivity contribution is 5.91. The second-order valence-electron chi connectivity index (χ2n) is 3.83. The van der Waals surface area contributed by atoms with Gasteiger partial charge in [0, 0.05) is 5.57 Å². The molecule has 0 bridgehead atoms. The van der Waals surface area contributed by atoms with Crippen LogP contribution in [0.4, 0.5) is 0 Å². The van der Waals surface area contributed by atoms with E-state index in [1.807, 2.05) is 6.92 Å². The molecule has 0 aliphatic heterocycles. The summed E-state index contributed by atoms with van der Waals surface area (Å²) in [5.74, 6) is -0.746. The van der Waals surface area contributed by atoms with E-state index in [-0.39, 0.29) is 23.8 Å². The van der Waals surface area contributed by atoms with Gasteiger partial charge in [-0.2, -0.15) is 0 Å². The Morgan fingerprint density at radius 3 is 2.50 bits per heavy atom. The molecular weight excluding hydrogens is 208 g/mol. The number of allylic oxidation sites excluding steroid dienone is 1. The molecule has 0 aromatic rings. The average Bonchev–Trinajstić information content (AvgIpc) is 2.61. The fourth-order valence-corrected chi connectivity index (χ4v) is 1.85. The maximum absolute atomic E-state index is 11.6. The summed E-state index contributed by atoms with van der Waals surface area (Å²) in [4.78, 5) is 23.0. The molecule has 4 heteroatoms. The summed E-state index contributed by atoms with van der Waals surface area (Å²) in [5.41, 5.74) is 0.590. The van der Waals surface area contributed by atoms with Crippen LogP contribution < -0.4 is 0 Å². The molecule has 16 heavy (non-hydrogen) atoms. The van der Waals surface area contributed by atoms with Gasteiger partial charge in [0.05, 0.1) is 19.1 Å². The van der Waals surface area contributed by atoms with Gasteiger partial charge in [-0.1, -0.05) is 13.0 Å². The standard InChI is InChI=1S/C12H18O4/c1-4-15-11(13)9-6-8(3)10(7-9)12(14)16-5-2/h6,8,10H,4-5,7H2,1-3H3/t8-,10-/m0/s1. The second-order valence-corrected chi connectivity index (χ2v) is 3.83. The molecule has 2 atom stereocenters. The van der Waals surface area contributed by atoms with Crippen molar-refractivity contribution >= 4 is 11.9 Å². The Morgan fingerprint density at radius 1 is 1.31 bits per heavy atom. The van der Waals surface area contributed by atoms with E-state index in [9.17, 15) is 9.59 Å². The lowest BCUT2D eigenvalue weighted by Crippen LogP contribution is -2.20. The lowest BCUT2D eigenvalue weighted by Gasteiger charge is -2.13. The first kappa shape index (κ1) is 12.7. The summed E-state index contributed by atoms with van der Waals surface area (Å²) >= 11 is 0. The highest BCUT2D eigenvalue weighted by Crippen LogP contribution is 2.31. The summed E-state index contributed by atoms with van der Waals surface area (Å²) in [7, 11) is 0.